The van der Waals surface area contributed by atoms with Crippen LogP contribution >= 0.6 is 0 Å². The molecule has 0 spiro atoms. The van der Waals surface area contributed by atoms with E-state index >= 15 is 0 Å². The Hall–Kier alpha value is -2.86. The molecule has 0 radical (unpaired) electrons. The van der Waals surface area contributed by atoms with Gasteiger partial charge in [-0.3, -0.25) is 9.69 Å². The van der Waals surface area contributed by atoms with E-state index in [0.29, 0.717) is 25.9 Å². The van der Waals surface area contributed by atoms with Gasteiger partial charge in [0.25, 0.3) is 0 Å². The van der Waals surface area contributed by atoms with Crippen molar-refractivity contribution < 1.29 is 14.3 Å². The minimum Gasteiger partial charge on any atom is -0.469 e. The number of hydrogen-bond donors (Lipinski definition) is 2. The van der Waals surface area contributed by atoms with Crippen LogP contribution in [0.5, 0.6) is 0 Å². The Labute approximate surface area is 159 Å². The number of rotatable bonds is 7. The van der Waals surface area contributed by atoms with Gasteiger partial charge in [0.1, 0.15) is 0 Å². The molecule has 0 saturated carbocycles. The fourth-order valence-corrected chi connectivity index (χ4v) is 3.36. The van der Waals surface area contributed by atoms with Gasteiger partial charge in [0.15, 0.2) is 0 Å². The van der Waals surface area contributed by atoms with Gasteiger partial charge in [-0.15, -0.1) is 0 Å². The first-order chi connectivity index (χ1) is 13.1. The van der Waals surface area contributed by atoms with Crippen molar-refractivity contribution in [2.75, 3.05) is 25.1 Å². The first-order valence-corrected chi connectivity index (χ1v) is 9.14. The van der Waals surface area contributed by atoms with Crippen molar-refractivity contribution in [3.63, 3.8) is 0 Å². The smallest absolute Gasteiger partial charge is 0.322 e. The molecule has 2 amide bonds. The van der Waals surface area contributed by atoms with Crippen LogP contribution < -0.4 is 16.0 Å². The third-order valence-electron chi connectivity index (χ3n) is 4.81. The topological polar surface area (TPSA) is 84.7 Å². The number of hydrogen-bond acceptors (Lipinski definition) is 4. The normalized spacial score (nSPS) is 16.3. The highest BCUT2D eigenvalue weighted by molar-refractivity contribution is 5.95. The monoisotopic (exact) mass is 367 g/mol. The zero-order chi connectivity index (χ0) is 19.2. The minimum atomic E-state index is -0.226. The van der Waals surface area contributed by atoms with Gasteiger partial charge in [-0.2, -0.15) is 0 Å². The van der Waals surface area contributed by atoms with Crippen molar-refractivity contribution in [2.24, 2.45) is 5.73 Å². The molecule has 1 aliphatic rings. The van der Waals surface area contributed by atoms with Crippen LogP contribution in [0.4, 0.5) is 10.5 Å². The van der Waals surface area contributed by atoms with Crippen LogP contribution in [0.1, 0.15) is 29.2 Å². The van der Waals surface area contributed by atoms with Crippen molar-refractivity contribution >= 4 is 17.7 Å². The van der Waals surface area contributed by atoms with Crippen LogP contribution in [0.25, 0.3) is 0 Å². The molecule has 2 aromatic carbocycles. The number of esters is 1. The number of carbonyl (C=O) groups is 2. The molecular formula is C21H25N3O3. The summed E-state index contributed by atoms with van der Waals surface area (Å²) < 4.78 is 4.67. The first kappa shape index (κ1) is 18.9. The van der Waals surface area contributed by atoms with Gasteiger partial charge < -0.3 is 15.8 Å². The van der Waals surface area contributed by atoms with Crippen LogP contribution in [0.3, 0.4) is 0 Å². The van der Waals surface area contributed by atoms with Crippen molar-refractivity contribution in [3.8, 4) is 0 Å². The van der Waals surface area contributed by atoms with Gasteiger partial charge in [-0.05, 0) is 48.2 Å². The molecule has 6 heteroatoms. The number of nitrogens with one attached hydrogen (secondary N) is 1. The largest absolute Gasteiger partial charge is 0.469 e. The molecule has 0 bridgehead atoms. The van der Waals surface area contributed by atoms with E-state index in [1.165, 1.54) is 12.7 Å². The molecule has 27 heavy (non-hydrogen) atoms. The van der Waals surface area contributed by atoms with Crippen LogP contribution in [-0.2, 0) is 22.4 Å². The predicted octanol–water partition coefficient (Wildman–Crippen LogP) is 2.56. The SMILES string of the molecule is COC(=O)CCc1ccc(N2C(=O)NCC2c2cccc(CCN)c2)cc1. The lowest BCUT2D eigenvalue weighted by molar-refractivity contribution is -0.140. The zero-order valence-electron chi connectivity index (χ0n) is 15.5. The molecule has 2 aromatic rings. The van der Waals surface area contributed by atoms with E-state index in [-0.39, 0.29) is 18.0 Å². The Bertz CT molecular complexity index is 805. The number of urea groups is 1. The standard InChI is InChI=1S/C21H25N3O3/c1-27-20(25)10-7-15-5-8-18(9-6-15)24-19(14-23-21(24)26)17-4-2-3-16(13-17)11-12-22/h2-6,8-9,13,19H,7,10-12,14,22H2,1H3,(H,23,26). The van der Waals surface area contributed by atoms with E-state index in [2.05, 4.69) is 22.2 Å². The number of ether oxygens (including phenoxy) is 1. The maximum atomic E-state index is 12.4. The highest BCUT2D eigenvalue weighted by Crippen LogP contribution is 2.31. The number of nitrogens with two attached hydrogens (primary N) is 1. The number of amides is 2. The number of benzene rings is 2. The summed E-state index contributed by atoms with van der Waals surface area (Å²) in [6.07, 6.45) is 1.77. The minimum absolute atomic E-state index is 0.0591. The molecule has 1 unspecified atom stereocenters. The van der Waals surface area contributed by atoms with E-state index in [9.17, 15) is 9.59 Å². The van der Waals surface area contributed by atoms with Crippen molar-refractivity contribution in [2.45, 2.75) is 25.3 Å². The Morgan fingerprint density at radius 3 is 2.67 bits per heavy atom. The van der Waals surface area contributed by atoms with Gasteiger partial charge in [0.05, 0.1) is 13.2 Å². The Balaban J connectivity index is 1.78. The maximum Gasteiger partial charge on any atom is 0.322 e. The Morgan fingerprint density at radius 1 is 1.19 bits per heavy atom. The fraction of sp³-hybridized carbons (Fsp3) is 0.333. The molecular weight excluding hydrogens is 342 g/mol. The van der Waals surface area contributed by atoms with E-state index in [1.54, 1.807) is 4.90 Å². The summed E-state index contributed by atoms with van der Waals surface area (Å²) >= 11 is 0. The summed E-state index contributed by atoms with van der Waals surface area (Å²) in [6, 6.07) is 15.8. The average molecular weight is 367 g/mol. The van der Waals surface area contributed by atoms with Gasteiger partial charge in [-0.1, -0.05) is 36.4 Å². The highest BCUT2D eigenvalue weighted by Gasteiger charge is 2.33. The lowest BCUT2D eigenvalue weighted by atomic mass is 10.0. The van der Waals surface area contributed by atoms with E-state index in [0.717, 1.165) is 23.2 Å². The number of methoxy groups -OCH3 is 1. The molecule has 1 atom stereocenters. The van der Waals surface area contributed by atoms with E-state index < -0.39 is 0 Å². The van der Waals surface area contributed by atoms with Gasteiger partial charge in [-0.25, -0.2) is 4.79 Å². The van der Waals surface area contributed by atoms with E-state index in [4.69, 9.17) is 5.73 Å². The second-order valence-corrected chi connectivity index (χ2v) is 6.60. The molecule has 3 N–H and O–H groups in total. The summed E-state index contributed by atoms with van der Waals surface area (Å²) in [5.41, 5.74) is 9.80. The first-order valence-electron chi connectivity index (χ1n) is 9.14. The van der Waals surface area contributed by atoms with Crippen LogP contribution in [0.2, 0.25) is 0 Å². The molecule has 0 aromatic heterocycles. The second kappa shape index (κ2) is 8.68. The molecule has 1 aliphatic heterocycles. The lowest BCUT2D eigenvalue weighted by Gasteiger charge is -2.24. The van der Waals surface area contributed by atoms with Gasteiger partial charge >= 0.3 is 12.0 Å². The number of anilines is 1. The summed E-state index contributed by atoms with van der Waals surface area (Å²) in [6.45, 7) is 1.16. The quantitative estimate of drug-likeness (QED) is 0.737. The number of nitrogens with zero attached hydrogens (tertiary/aromatic N) is 1. The maximum absolute atomic E-state index is 12.4. The van der Waals surface area contributed by atoms with Crippen molar-refractivity contribution in [1.82, 2.24) is 5.32 Å². The summed E-state index contributed by atoms with van der Waals surface area (Å²) in [4.78, 5) is 25.5. The molecule has 6 nitrogen and oxygen atoms in total. The lowest BCUT2D eigenvalue weighted by Crippen LogP contribution is -2.29. The zero-order valence-corrected chi connectivity index (χ0v) is 15.5. The van der Waals surface area contributed by atoms with Gasteiger partial charge in [0, 0.05) is 18.7 Å². The molecule has 1 fully saturated rings. The second-order valence-electron chi connectivity index (χ2n) is 6.60. The highest BCUT2D eigenvalue weighted by atomic mass is 16.5. The van der Waals surface area contributed by atoms with Crippen LogP contribution in [-0.4, -0.2) is 32.2 Å². The molecule has 0 aliphatic carbocycles. The van der Waals surface area contributed by atoms with Crippen molar-refractivity contribution in [3.05, 3.63) is 65.2 Å². The van der Waals surface area contributed by atoms with Crippen LogP contribution in [0, 0.1) is 0 Å². The number of carbonyl (C=O) groups excluding carboxylic acids is 2. The summed E-state index contributed by atoms with van der Waals surface area (Å²) in [5.74, 6) is -0.226. The summed E-state index contributed by atoms with van der Waals surface area (Å²) in [5, 5.41) is 2.93. The van der Waals surface area contributed by atoms with Crippen LogP contribution in [0.15, 0.2) is 48.5 Å². The third-order valence-corrected chi connectivity index (χ3v) is 4.81. The number of aryl methyl sites for hydroxylation is 1. The molecule has 142 valence electrons. The molecule has 1 saturated heterocycles. The molecule has 1 heterocycles. The van der Waals surface area contributed by atoms with Crippen molar-refractivity contribution in [1.29, 1.82) is 0 Å². The predicted molar refractivity (Wildman–Crippen MR) is 105 cm³/mol. The third kappa shape index (κ3) is 4.46. The summed E-state index contributed by atoms with van der Waals surface area (Å²) in [7, 11) is 1.39. The molecule has 3 rings (SSSR count). The van der Waals surface area contributed by atoms with Gasteiger partial charge in [0.2, 0.25) is 0 Å². The fourth-order valence-electron chi connectivity index (χ4n) is 3.36. The average Bonchev–Trinajstić information content (AvgIpc) is 3.08. The Morgan fingerprint density at radius 2 is 1.96 bits per heavy atom. The van der Waals surface area contributed by atoms with E-state index in [1.807, 2.05) is 36.4 Å². The Kier molecular flexibility index (Phi) is 6.08.